The number of primary sulfonamides is 1. The molecule has 0 spiro atoms. The van der Waals surface area contributed by atoms with Crippen molar-refractivity contribution in [3.63, 3.8) is 0 Å². The Balaban J connectivity index is 1.67. The molecule has 0 unspecified atom stereocenters. The van der Waals surface area contributed by atoms with E-state index >= 15 is 0 Å². The van der Waals surface area contributed by atoms with Crippen molar-refractivity contribution in [1.29, 1.82) is 0 Å². The van der Waals surface area contributed by atoms with E-state index in [9.17, 15) is 21.6 Å². The van der Waals surface area contributed by atoms with Crippen LogP contribution in [0.25, 0.3) is 17.4 Å². The Kier molecular flexibility index (Phi) is 7.44. The van der Waals surface area contributed by atoms with Gasteiger partial charge in [-0.2, -0.15) is 0 Å². The van der Waals surface area contributed by atoms with Crippen molar-refractivity contribution in [2.45, 2.75) is 23.3 Å². The summed E-state index contributed by atoms with van der Waals surface area (Å²) in [6, 6.07) is 24.0. The van der Waals surface area contributed by atoms with Gasteiger partial charge in [0.15, 0.2) is 0 Å². The summed E-state index contributed by atoms with van der Waals surface area (Å²) in [7, 11) is -8.02. The van der Waals surface area contributed by atoms with Crippen molar-refractivity contribution in [1.82, 2.24) is 5.32 Å². The number of furan rings is 1. The molecule has 190 valence electrons. The molecule has 1 amide bonds. The van der Waals surface area contributed by atoms with Gasteiger partial charge in [-0.25, -0.2) is 22.0 Å². The molecule has 1 aromatic heterocycles. The van der Waals surface area contributed by atoms with E-state index in [1.807, 2.05) is 31.2 Å². The third-order valence-electron chi connectivity index (χ3n) is 5.51. The summed E-state index contributed by atoms with van der Waals surface area (Å²) in [5, 5.41) is 7.81. The lowest BCUT2D eigenvalue weighted by Gasteiger charge is -2.10. The molecule has 4 rings (SSSR count). The van der Waals surface area contributed by atoms with Crippen molar-refractivity contribution < 1.29 is 26.0 Å². The summed E-state index contributed by atoms with van der Waals surface area (Å²) >= 11 is 0. The molecule has 37 heavy (non-hydrogen) atoms. The quantitative estimate of drug-likeness (QED) is 0.326. The van der Waals surface area contributed by atoms with Gasteiger partial charge in [0.05, 0.1) is 9.79 Å². The van der Waals surface area contributed by atoms with Gasteiger partial charge in [0, 0.05) is 18.2 Å². The van der Waals surface area contributed by atoms with Crippen LogP contribution >= 0.6 is 0 Å². The monoisotopic (exact) mass is 536 g/mol. The van der Waals surface area contributed by atoms with Gasteiger partial charge < -0.3 is 9.73 Å². The zero-order valence-electron chi connectivity index (χ0n) is 19.8. The van der Waals surface area contributed by atoms with Crippen molar-refractivity contribution >= 4 is 31.8 Å². The zero-order chi connectivity index (χ0) is 26.6. The van der Waals surface area contributed by atoms with E-state index < -0.39 is 30.7 Å². The Hall–Kier alpha value is -3.99. The number of rotatable bonds is 8. The fraction of sp³-hybridized carbons (Fsp3) is 0.0741. The van der Waals surface area contributed by atoms with Gasteiger partial charge in [0.1, 0.15) is 16.4 Å². The first-order valence-corrected chi connectivity index (χ1v) is 14.2. The van der Waals surface area contributed by atoms with Gasteiger partial charge in [0.2, 0.25) is 19.9 Å². The molecule has 10 heteroatoms. The molecule has 0 atom stereocenters. The zero-order valence-corrected chi connectivity index (χ0v) is 21.4. The average molecular weight is 537 g/mol. The minimum absolute atomic E-state index is 0.0305. The van der Waals surface area contributed by atoms with Crippen LogP contribution in [0.3, 0.4) is 0 Å². The van der Waals surface area contributed by atoms with Crippen LogP contribution in [0.15, 0.2) is 110 Å². The van der Waals surface area contributed by atoms with E-state index in [1.54, 1.807) is 24.3 Å². The van der Waals surface area contributed by atoms with Crippen molar-refractivity contribution in [3.05, 3.63) is 113 Å². The first kappa shape index (κ1) is 26.1. The molecule has 0 radical (unpaired) electrons. The lowest BCUT2D eigenvalue weighted by molar-refractivity contribution is -0.116. The minimum atomic E-state index is -4.18. The first-order chi connectivity index (χ1) is 17.5. The maximum absolute atomic E-state index is 13.4. The predicted octanol–water partition coefficient (Wildman–Crippen LogP) is 4.03. The normalized spacial score (nSPS) is 12.3. The summed E-state index contributed by atoms with van der Waals surface area (Å²) in [6.07, 6.45) is 1.18. The highest BCUT2D eigenvalue weighted by atomic mass is 32.2. The van der Waals surface area contributed by atoms with Gasteiger partial charge in [0.25, 0.3) is 5.91 Å². The largest absolute Gasteiger partial charge is 0.457 e. The molecule has 3 aromatic carbocycles. The molecule has 0 saturated heterocycles. The van der Waals surface area contributed by atoms with Crippen LogP contribution in [0.4, 0.5) is 0 Å². The Morgan fingerprint density at radius 1 is 0.838 bits per heavy atom. The Bertz CT molecular complexity index is 1650. The van der Waals surface area contributed by atoms with E-state index in [0.717, 1.165) is 11.1 Å². The summed E-state index contributed by atoms with van der Waals surface area (Å²) in [5.41, 5.74) is 2.43. The SMILES string of the molecule is Cc1ccc(CNC(=O)C(=Cc2ccc(-c3ccc(S(N)(=O)=O)cc3)o2)S(=O)(=O)c2ccccc2)cc1. The van der Waals surface area contributed by atoms with E-state index in [-0.39, 0.29) is 22.1 Å². The van der Waals surface area contributed by atoms with E-state index in [2.05, 4.69) is 5.32 Å². The number of hydrogen-bond acceptors (Lipinski definition) is 6. The Morgan fingerprint density at radius 2 is 1.49 bits per heavy atom. The lowest BCUT2D eigenvalue weighted by atomic mass is 10.1. The van der Waals surface area contributed by atoms with Gasteiger partial charge in [-0.05, 0) is 61.0 Å². The lowest BCUT2D eigenvalue weighted by Crippen LogP contribution is -2.28. The molecule has 8 nitrogen and oxygen atoms in total. The number of carbonyl (C=O) groups is 1. The smallest absolute Gasteiger partial charge is 0.263 e. The topological polar surface area (TPSA) is 137 Å². The number of aryl methyl sites for hydroxylation is 1. The second-order valence-electron chi connectivity index (χ2n) is 8.26. The van der Waals surface area contributed by atoms with Crippen LogP contribution in [0.1, 0.15) is 16.9 Å². The minimum Gasteiger partial charge on any atom is -0.457 e. The summed E-state index contributed by atoms with van der Waals surface area (Å²) in [5.74, 6) is -0.297. The molecule has 0 aliphatic rings. The van der Waals surface area contributed by atoms with Crippen molar-refractivity contribution in [2.75, 3.05) is 0 Å². The molecule has 0 bridgehead atoms. The number of sulfone groups is 1. The van der Waals surface area contributed by atoms with Crippen LogP contribution in [0, 0.1) is 6.92 Å². The Morgan fingerprint density at radius 3 is 2.11 bits per heavy atom. The number of benzene rings is 3. The molecule has 3 N–H and O–H groups in total. The predicted molar refractivity (Wildman–Crippen MR) is 140 cm³/mol. The van der Waals surface area contributed by atoms with Crippen LogP contribution in [-0.2, 0) is 31.2 Å². The highest BCUT2D eigenvalue weighted by Crippen LogP contribution is 2.27. The summed E-state index contributed by atoms with van der Waals surface area (Å²) < 4.78 is 55.6. The number of nitrogens with two attached hydrogens (primary N) is 1. The molecular formula is C27H24N2O6S2. The molecule has 0 aliphatic heterocycles. The molecule has 0 fully saturated rings. The van der Waals surface area contributed by atoms with Crippen molar-refractivity contribution in [2.24, 2.45) is 5.14 Å². The van der Waals surface area contributed by atoms with Crippen LogP contribution in [-0.4, -0.2) is 22.7 Å². The highest BCUT2D eigenvalue weighted by Gasteiger charge is 2.27. The van der Waals surface area contributed by atoms with Gasteiger partial charge >= 0.3 is 0 Å². The van der Waals surface area contributed by atoms with E-state index in [1.165, 1.54) is 48.5 Å². The van der Waals surface area contributed by atoms with E-state index in [0.29, 0.717) is 11.3 Å². The third-order valence-corrected chi connectivity index (χ3v) is 8.21. The molecular weight excluding hydrogens is 512 g/mol. The Labute approximate surface area is 215 Å². The van der Waals surface area contributed by atoms with Crippen molar-refractivity contribution in [3.8, 4) is 11.3 Å². The highest BCUT2D eigenvalue weighted by molar-refractivity contribution is 7.96. The molecule has 1 heterocycles. The molecule has 0 saturated carbocycles. The summed E-state index contributed by atoms with van der Waals surface area (Å²) in [4.78, 5) is 12.6. The number of carbonyl (C=O) groups excluding carboxylic acids is 1. The van der Waals surface area contributed by atoms with Crippen LogP contribution in [0.5, 0.6) is 0 Å². The fourth-order valence-corrected chi connectivity index (χ4v) is 5.36. The number of hydrogen-bond donors (Lipinski definition) is 2. The summed E-state index contributed by atoms with van der Waals surface area (Å²) in [6.45, 7) is 2.09. The van der Waals surface area contributed by atoms with Crippen LogP contribution in [0.2, 0.25) is 0 Å². The average Bonchev–Trinajstić information content (AvgIpc) is 3.35. The van der Waals surface area contributed by atoms with Gasteiger partial charge in [-0.3, -0.25) is 4.79 Å². The standard InChI is InChI=1S/C27H24N2O6S2/c1-19-7-9-20(10-8-19)18-29-27(30)26(36(31,32)23-5-3-2-4-6-23)17-22-13-16-25(35-22)21-11-14-24(15-12-21)37(28,33)34/h2-17H,18H2,1H3,(H,29,30)(H2,28,33,34). The number of nitrogens with one attached hydrogen (secondary N) is 1. The second-order valence-corrected chi connectivity index (χ2v) is 11.7. The third kappa shape index (κ3) is 6.23. The molecule has 0 aliphatic carbocycles. The molecule has 4 aromatic rings. The number of amides is 1. The van der Waals surface area contributed by atoms with Crippen LogP contribution < -0.4 is 10.5 Å². The maximum atomic E-state index is 13.4. The fourth-order valence-electron chi connectivity index (χ4n) is 3.49. The van der Waals surface area contributed by atoms with E-state index in [4.69, 9.17) is 9.56 Å². The number of sulfonamides is 1. The first-order valence-electron chi connectivity index (χ1n) is 11.1. The van der Waals surface area contributed by atoms with Gasteiger partial charge in [-0.1, -0.05) is 48.0 Å². The maximum Gasteiger partial charge on any atom is 0.263 e. The second kappa shape index (κ2) is 10.6. The van der Waals surface area contributed by atoms with Gasteiger partial charge in [-0.15, -0.1) is 0 Å².